The average molecular weight is 452 g/mol. The van der Waals surface area contributed by atoms with Gasteiger partial charge in [0.15, 0.2) is 5.43 Å². The molecule has 0 saturated heterocycles. The van der Waals surface area contributed by atoms with E-state index < -0.39 is 6.04 Å². The Morgan fingerprint density at radius 3 is 2.41 bits per heavy atom. The van der Waals surface area contributed by atoms with E-state index in [1.807, 2.05) is 80.6 Å². The lowest BCUT2D eigenvalue weighted by Gasteiger charge is -2.25. The number of ether oxygens (including phenoxy) is 1. The molecule has 0 fully saturated rings. The third-order valence-electron chi connectivity index (χ3n) is 6.34. The minimum Gasteiger partial charge on any atom is -0.490 e. The van der Waals surface area contributed by atoms with Crippen LogP contribution >= 0.6 is 0 Å². The predicted molar refractivity (Wildman–Crippen MR) is 132 cm³/mol. The summed E-state index contributed by atoms with van der Waals surface area (Å²) in [6.45, 7) is 8.36. The first-order valence-electron chi connectivity index (χ1n) is 11.2. The molecule has 5 nitrogen and oxygen atoms in total. The molecule has 2 heterocycles. The molecule has 0 aliphatic carbocycles. The summed E-state index contributed by atoms with van der Waals surface area (Å²) in [5.74, 6) is 0.529. The van der Waals surface area contributed by atoms with Gasteiger partial charge in [-0.15, -0.1) is 0 Å². The molecule has 3 aromatic carbocycles. The van der Waals surface area contributed by atoms with E-state index in [9.17, 15) is 9.59 Å². The number of aryl methyl sites for hydroxylation is 2. The smallest absolute Gasteiger partial charge is 0.291 e. The van der Waals surface area contributed by atoms with E-state index in [4.69, 9.17) is 9.15 Å². The van der Waals surface area contributed by atoms with Gasteiger partial charge in [0.25, 0.3) is 5.91 Å². The molecule has 34 heavy (non-hydrogen) atoms. The maximum Gasteiger partial charge on any atom is 0.291 e. The second-order valence-electron chi connectivity index (χ2n) is 8.60. The molecular formula is C29H25NO4. The molecule has 0 radical (unpaired) electrons. The Morgan fingerprint density at radius 2 is 1.71 bits per heavy atom. The van der Waals surface area contributed by atoms with Crippen LogP contribution in [0, 0.1) is 13.8 Å². The summed E-state index contributed by atoms with van der Waals surface area (Å²) in [7, 11) is 0. The van der Waals surface area contributed by atoms with Gasteiger partial charge in [-0.25, -0.2) is 0 Å². The number of benzene rings is 3. The van der Waals surface area contributed by atoms with E-state index in [0.717, 1.165) is 22.3 Å². The second kappa shape index (κ2) is 8.67. The fourth-order valence-corrected chi connectivity index (χ4v) is 4.47. The maximum absolute atomic E-state index is 13.7. The molecule has 5 rings (SSSR count). The van der Waals surface area contributed by atoms with Crippen LogP contribution < -0.4 is 10.2 Å². The van der Waals surface area contributed by atoms with E-state index in [0.29, 0.717) is 35.4 Å². The zero-order chi connectivity index (χ0) is 23.8. The van der Waals surface area contributed by atoms with Crippen molar-refractivity contribution in [2.45, 2.75) is 26.4 Å². The van der Waals surface area contributed by atoms with Crippen molar-refractivity contribution in [1.82, 2.24) is 4.90 Å². The summed E-state index contributed by atoms with van der Waals surface area (Å²) in [4.78, 5) is 29.1. The van der Waals surface area contributed by atoms with Gasteiger partial charge in [0.05, 0.1) is 17.0 Å². The molecule has 1 unspecified atom stereocenters. The Bertz CT molecular complexity index is 1450. The van der Waals surface area contributed by atoms with Crippen molar-refractivity contribution >= 4 is 16.9 Å². The van der Waals surface area contributed by atoms with Crippen LogP contribution in [0.3, 0.4) is 0 Å². The highest BCUT2D eigenvalue weighted by atomic mass is 16.5. The first kappa shape index (κ1) is 21.7. The van der Waals surface area contributed by atoms with Crippen LogP contribution in [-0.2, 0) is 6.54 Å². The zero-order valence-corrected chi connectivity index (χ0v) is 19.2. The number of carbonyl (C=O) groups excluding carboxylic acids is 1. The van der Waals surface area contributed by atoms with E-state index in [1.165, 1.54) is 0 Å². The normalized spacial score (nSPS) is 14.9. The number of amides is 1. The third-order valence-corrected chi connectivity index (χ3v) is 6.34. The highest BCUT2D eigenvalue weighted by molar-refractivity contribution is 5.99. The molecule has 1 aliphatic rings. The number of hydrogen-bond donors (Lipinski definition) is 0. The van der Waals surface area contributed by atoms with E-state index in [-0.39, 0.29) is 17.1 Å². The van der Waals surface area contributed by atoms with E-state index in [1.54, 1.807) is 11.0 Å². The largest absolute Gasteiger partial charge is 0.490 e. The highest BCUT2D eigenvalue weighted by Crippen LogP contribution is 2.39. The SMILES string of the molecule is C=CCOc1ccc(C2c3c(oc4cc(C)c(C)cc4c3=O)C(=O)N2Cc2ccccc2)cc1. The van der Waals surface area contributed by atoms with Crippen molar-refractivity contribution in [3.63, 3.8) is 0 Å². The fourth-order valence-electron chi connectivity index (χ4n) is 4.47. The summed E-state index contributed by atoms with van der Waals surface area (Å²) in [5.41, 5.74) is 4.47. The fraction of sp³-hybridized carbons (Fsp3) is 0.172. The van der Waals surface area contributed by atoms with Gasteiger partial charge in [-0.1, -0.05) is 55.1 Å². The van der Waals surface area contributed by atoms with Crippen molar-refractivity contribution in [2.24, 2.45) is 0 Å². The second-order valence-corrected chi connectivity index (χ2v) is 8.60. The van der Waals surface area contributed by atoms with Crippen molar-refractivity contribution in [2.75, 3.05) is 6.61 Å². The Labute approximate surface area is 197 Å². The van der Waals surface area contributed by atoms with Crippen molar-refractivity contribution in [1.29, 1.82) is 0 Å². The molecule has 1 aliphatic heterocycles. The number of carbonyl (C=O) groups is 1. The highest BCUT2D eigenvalue weighted by Gasteiger charge is 2.42. The van der Waals surface area contributed by atoms with Gasteiger partial charge in [-0.2, -0.15) is 0 Å². The first-order valence-corrected chi connectivity index (χ1v) is 11.2. The summed E-state index contributed by atoms with van der Waals surface area (Å²) >= 11 is 0. The Hall–Kier alpha value is -4.12. The topological polar surface area (TPSA) is 59.8 Å². The third kappa shape index (κ3) is 3.69. The van der Waals surface area contributed by atoms with E-state index in [2.05, 4.69) is 6.58 Å². The summed E-state index contributed by atoms with van der Waals surface area (Å²) < 4.78 is 11.7. The molecule has 0 saturated carbocycles. The van der Waals surface area contributed by atoms with Gasteiger partial charge >= 0.3 is 0 Å². The number of hydrogen-bond acceptors (Lipinski definition) is 4. The molecule has 5 heteroatoms. The van der Waals surface area contributed by atoms with Crippen LogP contribution in [0.5, 0.6) is 5.75 Å². The molecule has 170 valence electrons. The van der Waals surface area contributed by atoms with Crippen LogP contribution in [0.1, 0.15) is 44.4 Å². The molecule has 0 spiro atoms. The maximum atomic E-state index is 13.7. The van der Waals surface area contributed by atoms with Crippen LogP contribution in [0.15, 0.2) is 88.6 Å². The first-order chi connectivity index (χ1) is 16.5. The van der Waals surface area contributed by atoms with Gasteiger partial charge in [0.2, 0.25) is 5.76 Å². The number of rotatable bonds is 6. The molecule has 1 aromatic heterocycles. The van der Waals surface area contributed by atoms with Gasteiger partial charge in [-0.05, 0) is 60.4 Å². The number of fused-ring (bicyclic) bond motifs is 2. The van der Waals surface area contributed by atoms with Crippen molar-refractivity contribution in [3.05, 3.63) is 123 Å². The minimum atomic E-state index is -0.557. The standard InChI is InChI=1S/C29H25NO4/c1-4-14-33-22-12-10-21(11-13-22)26-25-27(31)23-15-18(2)19(3)16-24(23)34-28(25)29(32)30(26)17-20-8-6-5-7-9-20/h4-13,15-16,26H,1,14,17H2,2-3H3. The molecule has 1 atom stereocenters. The molecule has 1 amide bonds. The lowest BCUT2D eigenvalue weighted by Crippen LogP contribution is -2.29. The molecular weight excluding hydrogens is 426 g/mol. The van der Waals surface area contributed by atoms with Crippen molar-refractivity contribution in [3.8, 4) is 5.75 Å². The monoisotopic (exact) mass is 451 g/mol. The Kier molecular flexibility index (Phi) is 5.54. The summed E-state index contributed by atoms with van der Waals surface area (Å²) in [6.07, 6.45) is 1.68. The van der Waals surface area contributed by atoms with Crippen LogP contribution in [0.4, 0.5) is 0 Å². The van der Waals surface area contributed by atoms with Crippen LogP contribution in [-0.4, -0.2) is 17.4 Å². The summed E-state index contributed by atoms with van der Waals surface area (Å²) in [5, 5.41) is 0.493. The lowest BCUT2D eigenvalue weighted by molar-refractivity contribution is 0.0714. The number of nitrogens with zero attached hydrogens (tertiary/aromatic N) is 1. The average Bonchev–Trinajstić information content (AvgIpc) is 3.12. The minimum absolute atomic E-state index is 0.119. The Balaban J connectivity index is 1.68. The van der Waals surface area contributed by atoms with Gasteiger partial charge in [0.1, 0.15) is 17.9 Å². The summed E-state index contributed by atoms with van der Waals surface area (Å²) in [6, 6.07) is 20.4. The molecule has 0 N–H and O–H groups in total. The Morgan fingerprint density at radius 1 is 1.00 bits per heavy atom. The van der Waals surface area contributed by atoms with Crippen LogP contribution in [0.25, 0.3) is 11.0 Å². The molecule has 0 bridgehead atoms. The molecule has 4 aromatic rings. The lowest BCUT2D eigenvalue weighted by atomic mass is 9.97. The van der Waals surface area contributed by atoms with Crippen molar-refractivity contribution < 1.29 is 13.9 Å². The van der Waals surface area contributed by atoms with Gasteiger partial charge < -0.3 is 14.1 Å². The van der Waals surface area contributed by atoms with E-state index >= 15 is 0 Å². The zero-order valence-electron chi connectivity index (χ0n) is 19.2. The van der Waals surface area contributed by atoms with Gasteiger partial charge in [-0.3, -0.25) is 9.59 Å². The van der Waals surface area contributed by atoms with Crippen LogP contribution in [0.2, 0.25) is 0 Å². The van der Waals surface area contributed by atoms with Gasteiger partial charge in [0, 0.05) is 6.54 Å². The predicted octanol–water partition coefficient (Wildman–Crippen LogP) is 5.72. The quantitative estimate of drug-likeness (QED) is 0.352.